The van der Waals surface area contributed by atoms with Crippen molar-refractivity contribution in [3.63, 3.8) is 0 Å². The van der Waals surface area contributed by atoms with Crippen LogP contribution in [0.25, 0.3) is 0 Å². The van der Waals surface area contributed by atoms with E-state index >= 15 is 0 Å². The molecule has 0 aromatic rings. The SMILES string of the molecule is CC(C)[C@@H]1O[C@H](CO[C@@H]2OC(C)[C@H](O)[C@@H](O)C2O)[C@H](O)[C@H](O)C1O. The molecule has 9 heteroatoms. The maximum absolute atomic E-state index is 10.0. The molecule has 142 valence electrons. The molecule has 6 N–H and O–H groups in total. The van der Waals surface area contributed by atoms with Gasteiger partial charge in [0.05, 0.1) is 18.8 Å². The third-order valence-corrected chi connectivity index (χ3v) is 4.64. The summed E-state index contributed by atoms with van der Waals surface area (Å²) >= 11 is 0. The summed E-state index contributed by atoms with van der Waals surface area (Å²) in [6.45, 7) is 4.91. The van der Waals surface area contributed by atoms with Crippen molar-refractivity contribution in [2.75, 3.05) is 6.61 Å². The average molecular weight is 352 g/mol. The zero-order chi connectivity index (χ0) is 18.2. The van der Waals surface area contributed by atoms with Gasteiger partial charge in [0, 0.05) is 0 Å². The first-order valence-corrected chi connectivity index (χ1v) is 8.16. The summed E-state index contributed by atoms with van der Waals surface area (Å²) < 4.78 is 16.3. The highest BCUT2D eigenvalue weighted by atomic mass is 16.7. The molecule has 0 saturated carbocycles. The second kappa shape index (κ2) is 7.90. The number of hydrogen-bond donors (Lipinski definition) is 6. The smallest absolute Gasteiger partial charge is 0.186 e. The van der Waals surface area contributed by atoms with E-state index in [1.54, 1.807) is 0 Å². The average Bonchev–Trinajstić information content (AvgIpc) is 2.54. The fourth-order valence-corrected chi connectivity index (χ4v) is 3.01. The Balaban J connectivity index is 1.97. The van der Waals surface area contributed by atoms with Crippen LogP contribution < -0.4 is 0 Å². The van der Waals surface area contributed by atoms with Crippen LogP contribution in [-0.4, -0.2) is 98.5 Å². The fraction of sp³-hybridized carbons (Fsp3) is 1.00. The third kappa shape index (κ3) is 3.90. The molecule has 9 nitrogen and oxygen atoms in total. The summed E-state index contributed by atoms with van der Waals surface area (Å²) in [5.41, 5.74) is 0. The van der Waals surface area contributed by atoms with E-state index in [2.05, 4.69) is 0 Å². The Morgan fingerprint density at radius 1 is 0.792 bits per heavy atom. The van der Waals surface area contributed by atoms with Gasteiger partial charge < -0.3 is 44.8 Å². The summed E-state index contributed by atoms with van der Waals surface area (Å²) in [4.78, 5) is 0. The lowest BCUT2D eigenvalue weighted by atomic mass is 9.89. The molecule has 0 radical (unpaired) electrons. The van der Waals surface area contributed by atoms with E-state index in [-0.39, 0.29) is 12.5 Å². The molecule has 2 rings (SSSR count). The summed E-state index contributed by atoms with van der Waals surface area (Å²) in [5.74, 6) is -0.0989. The molecule has 3 unspecified atom stereocenters. The van der Waals surface area contributed by atoms with Gasteiger partial charge in [0.25, 0.3) is 0 Å². The van der Waals surface area contributed by atoms with Crippen LogP contribution in [0.15, 0.2) is 0 Å². The molecule has 0 spiro atoms. The van der Waals surface area contributed by atoms with Gasteiger partial charge in [-0.15, -0.1) is 0 Å². The molecule has 0 aliphatic carbocycles. The standard InChI is InChI=1S/C15H28O9/c1-5(2)14-12(20)11(19)9(17)7(24-14)4-22-15-13(21)10(18)8(16)6(3)23-15/h5-21H,4H2,1-3H3/t6?,7-,8+,9+,10-,11+,12?,13?,14+,15-/m1/s1. The second-order valence-corrected chi connectivity index (χ2v) is 6.87. The minimum atomic E-state index is -1.46. The minimum Gasteiger partial charge on any atom is -0.388 e. The first-order chi connectivity index (χ1) is 11.1. The van der Waals surface area contributed by atoms with Gasteiger partial charge in [-0.2, -0.15) is 0 Å². The molecule has 2 fully saturated rings. The van der Waals surface area contributed by atoms with Crippen molar-refractivity contribution in [2.24, 2.45) is 5.92 Å². The topological polar surface area (TPSA) is 149 Å². The van der Waals surface area contributed by atoms with Gasteiger partial charge in [0.15, 0.2) is 6.29 Å². The number of ether oxygens (including phenoxy) is 3. The van der Waals surface area contributed by atoms with Crippen molar-refractivity contribution in [2.45, 2.75) is 82.0 Å². The minimum absolute atomic E-state index is 0.0989. The maximum Gasteiger partial charge on any atom is 0.186 e. The summed E-state index contributed by atoms with van der Waals surface area (Å²) in [7, 11) is 0. The maximum atomic E-state index is 10.0. The Labute approximate surface area is 140 Å². The molecule has 0 aromatic carbocycles. The van der Waals surface area contributed by atoms with Crippen molar-refractivity contribution in [3.05, 3.63) is 0 Å². The van der Waals surface area contributed by atoms with Gasteiger partial charge in [0.2, 0.25) is 0 Å². The lowest BCUT2D eigenvalue weighted by Crippen LogP contribution is -2.61. The first-order valence-electron chi connectivity index (χ1n) is 8.16. The van der Waals surface area contributed by atoms with E-state index in [9.17, 15) is 30.6 Å². The van der Waals surface area contributed by atoms with E-state index in [1.165, 1.54) is 6.92 Å². The van der Waals surface area contributed by atoms with Crippen LogP contribution in [0.5, 0.6) is 0 Å². The van der Waals surface area contributed by atoms with Crippen LogP contribution in [0.1, 0.15) is 20.8 Å². The van der Waals surface area contributed by atoms with E-state index in [4.69, 9.17) is 14.2 Å². The molecule has 0 aromatic heterocycles. The third-order valence-electron chi connectivity index (χ3n) is 4.64. The monoisotopic (exact) mass is 352 g/mol. The Bertz CT molecular complexity index is 406. The van der Waals surface area contributed by atoms with Gasteiger partial charge in [-0.1, -0.05) is 13.8 Å². The molecule has 24 heavy (non-hydrogen) atoms. The van der Waals surface area contributed by atoms with E-state index < -0.39 is 61.2 Å². The van der Waals surface area contributed by atoms with Crippen LogP contribution in [0.2, 0.25) is 0 Å². The van der Waals surface area contributed by atoms with Crippen LogP contribution in [-0.2, 0) is 14.2 Å². The summed E-state index contributed by atoms with van der Waals surface area (Å²) in [6.07, 6.45) is -11.7. The molecule has 2 aliphatic rings. The number of aliphatic hydroxyl groups is 6. The Morgan fingerprint density at radius 3 is 1.96 bits per heavy atom. The largest absolute Gasteiger partial charge is 0.388 e. The van der Waals surface area contributed by atoms with Gasteiger partial charge in [0.1, 0.15) is 42.7 Å². The Morgan fingerprint density at radius 2 is 1.38 bits per heavy atom. The molecule has 2 aliphatic heterocycles. The quantitative estimate of drug-likeness (QED) is 0.319. The molecular formula is C15H28O9. The predicted octanol–water partition coefficient (Wildman–Crippen LogP) is -2.66. The Kier molecular flexibility index (Phi) is 6.57. The summed E-state index contributed by atoms with van der Waals surface area (Å²) in [6, 6.07) is 0. The van der Waals surface area contributed by atoms with Crippen LogP contribution >= 0.6 is 0 Å². The molecule has 10 atom stereocenters. The van der Waals surface area contributed by atoms with Crippen molar-refractivity contribution in [1.82, 2.24) is 0 Å². The van der Waals surface area contributed by atoms with Crippen LogP contribution in [0.3, 0.4) is 0 Å². The van der Waals surface area contributed by atoms with Crippen molar-refractivity contribution < 1.29 is 44.8 Å². The lowest BCUT2D eigenvalue weighted by molar-refractivity contribution is -0.309. The molecule has 2 heterocycles. The number of hydrogen-bond acceptors (Lipinski definition) is 9. The number of aliphatic hydroxyl groups excluding tert-OH is 6. The van der Waals surface area contributed by atoms with Gasteiger partial charge in [-0.25, -0.2) is 0 Å². The highest BCUT2D eigenvalue weighted by Crippen LogP contribution is 2.27. The first kappa shape index (κ1) is 20.0. The van der Waals surface area contributed by atoms with Gasteiger partial charge in [-0.3, -0.25) is 0 Å². The van der Waals surface area contributed by atoms with E-state index in [0.717, 1.165) is 0 Å². The van der Waals surface area contributed by atoms with E-state index in [0.29, 0.717) is 0 Å². The molecular weight excluding hydrogens is 324 g/mol. The number of rotatable bonds is 4. The zero-order valence-electron chi connectivity index (χ0n) is 14.0. The summed E-state index contributed by atoms with van der Waals surface area (Å²) in [5, 5.41) is 59.2. The predicted molar refractivity (Wildman–Crippen MR) is 79.8 cm³/mol. The molecule has 0 bridgehead atoms. The van der Waals surface area contributed by atoms with Crippen molar-refractivity contribution >= 4 is 0 Å². The normalized spacial score (nSPS) is 50.2. The van der Waals surface area contributed by atoms with Crippen LogP contribution in [0.4, 0.5) is 0 Å². The fourth-order valence-electron chi connectivity index (χ4n) is 3.01. The lowest BCUT2D eigenvalue weighted by Gasteiger charge is -2.43. The van der Waals surface area contributed by atoms with Crippen molar-refractivity contribution in [3.8, 4) is 0 Å². The van der Waals surface area contributed by atoms with Crippen LogP contribution in [0, 0.1) is 5.92 Å². The van der Waals surface area contributed by atoms with Gasteiger partial charge in [-0.05, 0) is 12.8 Å². The Hall–Kier alpha value is -0.360. The van der Waals surface area contributed by atoms with E-state index in [1.807, 2.05) is 13.8 Å². The van der Waals surface area contributed by atoms with Crippen molar-refractivity contribution in [1.29, 1.82) is 0 Å². The molecule has 0 amide bonds. The van der Waals surface area contributed by atoms with Gasteiger partial charge >= 0.3 is 0 Å². The molecule has 2 saturated heterocycles. The second-order valence-electron chi connectivity index (χ2n) is 6.87. The highest BCUT2D eigenvalue weighted by Gasteiger charge is 2.46. The highest BCUT2D eigenvalue weighted by molar-refractivity contribution is 4.93. The zero-order valence-corrected chi connectivity index (χ0v) is 14.0.